The fraction of sp³-hybridized carbons (Fsp3) is 0.136. The van der Waals surface area contributed by atoms with E-state index in [1.807, 2.05) is 12.1 Å². The molecule has 3 aromatic rings. The Kier molecular flexibility index (Phi) is 7.68. The van der Waals surface area contributed by atoms with Gasteiger partial charge in [-0.05, 0) is 24.3 Å². The zero-order chi connectivity index (χ0) is 24.7. The van der Waals surface area contributed by atoms with Gasteiger partial charge in [-0.3, -0.25) is 9.59 Å². The van der Waals surface area contributed by atoms with Gasteiger partial charge in [0.2, 0.25) is 0 Å². The SMILES string of the molecule is COc1cc(C(=O)OCC(=O)Nc2c(C#N)cnn2-c2ccccc2)cc(Cl)c1OCC(N)=O. The number of aromatic nitrogens is 2. The lowest BCUT2D eigenvalue weighted by atomic mass is 10.2. The third-order valence-electron chi connectivity index (χ3n) is 4.31. The highest BCUT2D eigenvalue weighted by molar-refractivity contribution is 6.32. The summed E-state index contributed by atoms with van der Waals surface area (Å²) in [5.41, 5.74) is 5.79. The lowest BCUT2D eigenvalue weighted by molar-refractivity contribution is -0.120. The molecule has 0 saturated heterocycles. The van der Waals surface area contributed by atoms with Crippen molar-refractivity contribution in [2.45, 2.75) is 0 Å². The number of nitriles is 1. The van der Waals surface area contributed by atoms with E-state index in [4.69, 9.17) is 31.5 Å². The topological polar surface area (TPSA) is 159 Å². The van der Waals surface area contributed by atoms with Gasteiger partial charge in [0.25, 0.3) is 11.8 Å². The van der Waals surface area contributed by atoms with Crippen LogP contribution in [-0.4, -0.2) is 47.9 Å². The van der Waals surface area contributed by atoms with E-state index in [1.165, 1.54) is 30.1 Å². The second kappa shape index (κ2) is 10.8. The summed E-state index contributed by atoms with van der Waals surface area (Å²) < 4.78 is 16.8. The molecule has 11 nitrogen and oxygen atoms in total. The molecule has 0 unspecified atom stereocenters. The van der Waals surface area contributed by atoms with Gasteiger partial charge in [0, 0.05) is 0 Å². The third-order valence-corrected chi connectivity index (χ3v) is 4.59. The van der Waals surface area contributed by atoms with Crippen molar-refractivity contribution < 1.29 is 28.6 Å². The van der Waals surface area contributed by atoms with E-state index >= 15 is 0 Å². The van der Waals surface area contributed by atoms with Crippen LogP contribution in [-0.2, 0) is 14.3 Å². The summed E-state index contributed by atoms with van der Waals surface area (Å²) in [5.74, 6) is -2.06. The maximum atomic E-state index is 12.5. The van der Waals surface area contributed by atoms with Crippen LogP contribution in [0.25, 0.3) is 5.69 Å². The summed E-state index contributed by atoms with van der Waals surface area (Å²) >= 11 is 6.12. The Labute approximate surface area is 198 Å². The van der Waals surface area contributed by atoms with Crippen LogP contribution in [0, 0.1) is 11.3 Å². The second-order valence-corrected chi connectivity index (χ2v) is 7.04. The maximum absolute atomic E-state index is 12.5. The zero-order valence-electron chi connectivity index (χ0n) is 17.8. The van der Waals surface area contributed by atoms with Crippen molar-refractivity contribution in [3.63, 3.8) is 0 Å². The van der Waals surface area contributed by atoms with E-state index in [-0.39, 0.29) is 33.5 Å². The molecular weight excluding hydrogens is 466 g/mol. The number of amides is 2. The second-order valence-electron chi connectivity index (χ2n) is 6.63. The van der Waals surface area contributed by atoms with Crippen LogP contribution in [0.4, 0.5) is 5.82 Å². The first-order valence-electron chi connectivity index (χ1n) is 9.63. The van der Waals surface area contributed by atoms with Gasteiger partial charge in [0.15, 0.2) is 30.5 Å². The van der Waals surface area contributed by atoms with Gasteiger partial charge >= 0.3 is 5.97 Å². The number of esters is 1. The number of hydrogen-bond acceptors (Lipinski definition) is 8. The molecule has 3 N–H and O–H groups in total. The predicted molar refractivity (Wildman–Crippen MR) is 120 cm³/mol. The number of benzene rings is 2. The summed E-state index contributed by atoms with van der Waals surface area (Å²) in [5, 5.41) is 16.0. The van der Waals surface area contributed by atoms with Crippen molar-refractivity contribution in [3.05, 3.63) is 64.8 Å². The summed E-state index contributed by atoms with van der Waals surface area (Å²) in [4.78, 5) is 35.8. The monoisotopic (exact) mass is 483 g/mol. The number of halogens is 1. The minimum atomic E-state index is -0.867. The molecular formula is C22H18ClN5O6. The molecule has 0 aliphatic heterocycles. The molecule has 12 heteroatoms. The van der Waals surface area contributed by atoms with E-state index < -0.39 is 31.0 Å². The van der Waals surface area contributed by atoms with Crippen molar-refractivity contribution in [1.29, 1.82) is 5.26 Å². The fourth-order valence-electron chi connectivity index (χ4n) is 2.82. The zero-order valence-corrected chi connectivity index (χ0v) is 18.5. The van der Waals surface area contributed by atoms with E-state index in [2.05, 4.69) is 10.4 Å². The van der Waals surface area contributed by atoms with Crippen LogP contribution in [0.15, 0.2) is 48.7 Å². The van der Waals surface area contributed by atoms with Crippen molar-refractivity contribution in [1.82, 2.24) is 9.78 Å². The Balaban J connectivity index is 1.70. The molecule has 3 rings (SSSR count). The van der Waals surface area contributed by atoms with E-state index in [0.29, 0.717) is 5.69 Å². The molecule has 34 heavy (non-hydrogen) atoms. The Morgan fingerprint density at radius 3 is 2.59 bits per heavy atom. The normalized spacial score (nSPS) is 10.1. The minimum Gasteiger partial charge on any atom is -0.493 e. The van der Waals surface area contributed by atoms with Crippen LogP contribution in [0.2, 0.25) is 5.02 Å². The van der Waals surface area contributed by atoms with Gasteiger partial charge in [0.05, 0.1) is 29.6 Å². The Bertz CT molecular complexity index is 1270. The van der Waals surface area contributed by atoms with Gasteiger partial charge in [-0.2, -0.15) is 10.4 Å². The lowest BCUT2D eigenvalue weighted by Crippen LogP contribution is -2.23. The molecule has 0 spiro atoms. The average molecular weight is 484 g/mol. The molecule has 0 fully saturated rings. The quantitative estimate of drug-likeness (QED) is 0.437. The number of hydrogen-bond donors (Lipinski definition) is 2. The number of ether oxygens (including phenoxy) is 3. The van der Waals surface area contributed by atoms with Crippen molar-refractivity contribution in [3.8, 4) is 23.3 Å². The number of carbonyl (C=O) groups excluding carboxylic acids is 3. The standard InChI is InChI=1S/C22H18ClN5O6/c1-32-17-8-13(7-16(23)20(17)33-11-18(25)29)22(31)34-12-19(30)27-21-14(9-24)10-26-28(21)15-5-3-2-4-6-15/h2-8,10H,11-12H2,1H3,(H2,25,29)(H,27,30). The molecule has 0 atom stereocenters. The number of primary amides is 1. The van der Waals surface area contributed by atoms with Gasteiger partial charge in [-0.1, -0.05) is 29.8 Å². The molecule has 0 saturated carbocycles. The number of para-hydroxylation sites is 1. The molecule has 2 aromatic carbocycles. The average Bonchev–Trinajstić information content (AvgIpc) is 3.23. The maximum Gasteiger partial charge on any atom is 0.338 e. The Hall–Kier alpha value is -4.56. The van der Waals surface area contributed by atoms with Crippen molar-refractivity contribution in [2.24, 2.45) is 5.73 Å². The smallest absolute Gasteiger partial charge is 0.338 e. The van der Waals surface area contributed by atoms with Crippen molar-refractivity contribution in [2.75, 3.05) is 25.6 Å². The Morgan fingerprint density at radius 1 is 1.21 bits per heavy atom. The Morgan fingerprint density at radius 2 is 1.94 bits per heavy atom. The molecule has 0 bridgehead atoms. The molecule has 1 heterocycles. The summed E-state index contributed by atoms with van der Waals surface area (Å²) in [7, 11) is 1.31. The lowest BCUT2D eigenvalue weighted by Gasteiger charge is -2.13. The first-order valence-corrected chi connectivity index (χ1v) is 10.0. The van der Waals surface area contributed by atoms with Crippen LogP contribution in [0.1, 0.15) is 15.9 Å². The molecule has 0 aliphatic rings. The van der Waals surface area contributed by atoms with Crippen LogP contribution in [0.5, 0.6) is 11.5 Å². The highest BCUT2D eigenvalue weighted by atomic mass is 35.5. The van der Waals surface area contributed by atoms with Gasteiger partial charge < -0.3 is 25.3 Å². The number of rotatable bonds is 9. The molecule has 0 radical (unpaired) electrons. The number of nitrogens with one attached hydrogen (secondary N) is 1. The highest BCUT2D eigenvalue weighted by Crippen LogP contribution is 2.36. The highest BCUT2D eigenvalue weighted by Gasteiger charge is 2.20. The number of carbonyl (C=O) groups is 3. The third kappa shape index (κ3) is 5.62. The largest absolute Gasteiger partial charge is 0.493 e. The van der Waals surface area contributed by atoms with Gasteiger partial charge in [0.1, 0.15) is 11.6 Å². The molecule has 1 aromatic heterocycles. The van der Waals surface area contributed by atoms with Crippen LogP contribution >= 0.6 is 11.6 Å². The first kappa shape index (κ1) is 24.1. The predicted octanol–water partition coefficient (Wildman–Crippen LogP) is 2.07. The van der Waals surface area contributed by atoms with Crippen LogP contribution in [0.3, 0.4) is 0 Å². The van der Waals surface area contributed by atoms with E-state index in [9.17, 15) is 19.6 Å². The molecule has 0 aliphatic carbocycles. The fourth-order valence-corrected chi connectivity index (χ4v) is 3.08. The minimum absolute atomic E-state index is 0.0203. The number of methoxy groups -OCH3 is 1. The number of nitrogens with two attached hydrogens (primary N) is 1. The van der Waals surface area contributed by atoms with Crippen molar-refractivity contribution >= 4 is 35.2 Å². The number of nitrogens with zero attached hydrogens (tertiary/aromatic N) is 3. The van der Waals surface area contributed by atoms with E-state index in [1.54, 1.807) is 24.3 Å². The van der Waals surface area contributed by atoms with Crippen LogP contribution < -0.4 is 20.5 Å². The van der Waals surface area contributed by atoms with Gasteiger partial charge in [-0.15, -0.1) is 0 Å². The van der Waals surface area contributed by atoms with E-state index in [0.717, 1.165) is 0 Å². The summed E-state index contributed by atoms with van der Waals surface area (Å²) in [6.45, 7) is -1.09. The number of anilines is 1. The first-order chi connectivity index (χ1) is 16.3. The summed E-state index contributed by atoms with van der Waals surface area (Å²) in [6, 6.07) is 13.3. The molecule has 174 valence electrons. The summed E-state index contributed by atoms with van der Waals surface area (Å²) in [6.07, 6.45) is 1.31. The molecule has 2 amide bonds. The van der Waals surface area contributed by atoms with Gasteiger partial charge in [-0.25, -0.2) is 9.48 Å².